The summed E-state index contributed by atoms with van der Waals surface area (Å²) in [7, 11) is 5.43. The molecule has 166 valence electrons. The van der Waals surface area contributed by atoms with Gasteiger partial charge in [-0.1, -0.05) is 42.5 Å². The summed E-state index contributed by atoms with van der Waals surface area (Å²) in [6.45, 7) is 0. The van der Waals surface area contributed by atoms with E-state index in [1.807, 2.05) is 73.6 Å². The molecule has 0 aromatic heterocycles. The highest BCUT2D eigenvalue weighted by molar-refractivity contribution is 6.19. The lowest BCUT2D eigenvalue weighted by Gasteiger charge is -2.12. The number of rotatable bonds is 6. The van der Waals surface area contributed by atoms with Gasteiger partial charge in [0.05, 0.1) is 13.3 Å². The predicted octanol–water partition coefficient (Wildman–Crippen LogP) is 4.13. The third-order valence-corrected chi connectivity index (χ3v) is 5.11. The average Bonchev–Trinajstić information content (AvgIpc) is 3.14. The van der Waals surface area contributed by atoms with Gasteiger partial charge in [-0.3, -0.25) is 4.79 Å². The van der Waals surface area contributed by atoms with Crippen LogP contribution in [-0.2, 0) is 4.79 Å². The fraction of sp³-hybridized carbons (Fsp3) is 0.115. The number of anilines is 1. The van der Waals surface area contributed by atoms with Crippen molar-refractivity contribution in [3.8, 4) is 11.5 Å². The molecule has 0 saturated carbocycles. The zero-order valence-corrected chi connectivity index (χ0v) is 18.6. The number of hydrogen-bond donors (Lipinski definition) is 1. The maximum Gasteiger partial charge on any atom is 0.298 e. The molecule has 0 atom stereocenters. The molecule has 1 amide bonds. The number of nitrogens with zero attached hydrogens (tertiary/aromatic N) is 4. The number of amides is 1. The fourth-order valence-corrected chi connectivity index (χ4v) is 3.31. The molecule has 3 aromatic rings. The Morgan fingerprint density at radius 2 is 1.70 bits per heavy atom. The van der Waals surface area contributed by atoms with Gasteiger partial charge in [0.15, 0.2) is 17.3 Å². The highest BCUT2D eigenvalue weighted by Crippen LogP contribution is 2.26. The van der Waals surface area contributed by atoms with Crippen molar-refractivity contribution in [2.75, 3.05) is 26.1 Å². The topological polar surface area (TPSA) is 77.7 Å². The number of aromatic hydroxyl groups is 1. The van der Waals surface area contributed by atoms with Crippen molar-refractivity contribution in [1.29, 1.82) is 0 Å². The van der Waals surface area contributed by atoms with E-state index < -0.39 is 0 Å². The minimum Gasteiger partial charge on any atom is -0.504 e. The molecule has 0 saturated heterocycles. The van der Waals surface area contributed by atoms with Crippen LogP contribution in [0.1, 0.15) is 16.7 Å². The Balaban J connectivity index is 1.69. The van der Waals surface area contributed by atoms with Crippen molar-refractivity contribution in [2.24, 2.45) is 10.1 Å². The molecule has 4 rings (SSSR count). The molecule has 1 aliphatic rings. The molecule has 0 fully saturated rings. The Bertz CT molecular complexity index is 1250. The molecule has 7 heteroatoms. The molecule has 1 N–H and O–H groups in total. The predicted molar refractivity (Wildman–Crippen MR) is 131 cm³/mol. The molecule has 0 bridgehead atoms. The second kappa shape index (κ2) is 9.40. The summed E-state index contributed by atoms with van der Waals surface area (Å²) in [5.41, 5.74) is 3.68. The third kappa shape index (κ3) is 4.77. The number of amidine groups is 1. The van der Waals surface area contributed by atoms with Crippen LogP contribution in [0.5, 0.6) is 11.5 Å². The van der Waals surface area contributed by atoms with Crippen LogP contribution in [0.3, 0.4) is 0 Å². The molecule has 1 heterocycles. The third-order valence-electron chi connectivity index (χ3n) is 5.11. The van der Waals surface area contributed by atoms with Crippen molar-refractivity contribution in [3.05, 3.63) is 95.2 Å². The van der Waals surface area contributed by atoms with E-state index in [0.29, 0.717) is 22.8 Å². The summed E-state index contributed by atoms with van der Waals surface area (Å²) in [5, 5.41) is 15.5. The summed E-state index contributed by atoms with van der Waals surface area (Å²) < 4.78 is 5.15. The van der Waals surface area contributed by atoms with E-state index in [4.69, 9.17) is 4.74 Å². The number of aliphatic imine (C=N–C) groups is 1. The van der Waals surface area contributed by atoms with Gasteiger partial charge in [0.25, 0.3) is 5.91 Å². The van der Waals surface area contributed by atoms with Gasteiger partial charge in [0.1, 0.15) is 5.70 Å². The number of methoxy groups -OCH3 is 1. The number of ether oxygens (including phenoxy) is 1. The molecular formula is C26H24N4O3. The van der Waals surface area contributed by atoms with Crippen molar-refractivity contribution >= 4 is 29.7 Å². The first-order chi connectivity index (χ1) is 16.0. The van der Waals surface area contributed by atoms with E-state index in [1.54, 1.807) is 18.2 Å². The zero-order valence-electron chi connectivity index (χ0n) is 18.6. The second-order valence-electron chi connectivity index (χ2n) is 7.61. The van der Waals surface area contributed by atoms with Crippen molar-refractivity contribution in [3.63, 3.8) is 0 Å². The highest BCUT2D eigenvalue weighted by atomic mass is 16.5. The summed E-state index contributed by atoms with van der Waals surface area (Å²) in [5.74, 6) is 0.473. The first-order valence-electron chi connectivity index (χ1n) is 10.3. The Labute approximate surface area is 192 Å². The van der Waals surface area contributed by atoms with Crippen LogP contribution < -0.4 is 9.64 Å². The monoisotopic (exact) mass is 440 g/mol. The smallest absolute Gasteiger partial charge is 0.298 e. The number of phenolic OH excluding ortho intramolecular Hbond substituents is 1. The van der Waals surface area contributed by atoms with Crippen molar-refractivity contribution in [1.82, 2.24) is 5.01 Å². The lowest BCUT2D eigenvalue weighted by Crippen LogP contribution is -2.27. The van der Waals surface area contributed by atoms with Gasteiger partial charge >= 0.3 is 0 Å². The number of phenols is 1. The average molecular weight is 441 g/mol. The molecule has 0 unspecified atom stereocenters. The molecule has 33 heavy (non-hydrogen) atoms. The quantitative estimate of drug-likeness (QED) is 0.462. The van der Waals surface area contributed by atoms with Crippen molar-refractivity contribution in [2.45, 2.75) is 0 Å². The van der Waals surface area contributed by atoms with Crippen molar-refractivity contribution < 1.29 is 14.6 Å². The number of benzene rings is 3. The maximum atomic E-state index is 13.2. The van der Waals surface area contributed by atoms with Crippen LogP contribution >= 0.6 is 0 Å². The molecule has 3 aromatic carbocycles. The fourth-order valence-electron chi connectivity index (χ4n) is 3.31. The van der Waals surface area contributed by atoms with Crippen LogP contribution in [0, 0.1) is 0 Å². The first kappa shape index (κ1) is 21.8. The Morgan fingerprint density at radius 1 is 1.00 bits per heavy atom. The number of hydrogen-bond acceptors (Lipinski definition) is 6. The van der Waals surface area contributed by atoms with Gasteiger partial charge in [0.2, 0.25) is 0 Å². The molecular weight excluding hydrogens is 416 g/mol. The molecule has 0 radical (unpaired) electrons. The standard InChI is InChI=1S/C26H24N4O3/c1-29(2)21-12-9-18(10-13-21)15-22-26(32)30(25(28-22)20-7-5-4-6-8-20)27-17-19-11-14-23(31)24(16-19)33-3/h4-17,31H,1-3H3. The summed E-state index contributed by atoms with van der Waals surface area (Å²) in [6, 6.07) is 22.1. The highest BCUT2D eigenvalue weighted by Gasteiger charge is 2.31. The van der Waals surface area contributed by atoms with E-state index in [9.17, 15) is 9.90 Å². The number of hydrazone groups is 1. The van der Waals surface area contributed by atoms with Crippen LogP contribution in [-0.4, -0.2) is 49.3 Å². The Morgan fingerprint density at radius 3 is 2.36 bits per heavy atom. The van der Waals surface area contributed by atoms with Gasteiger partial charge in [-0.25, -0.2) is 4.99 Å². The van der Waals surface area contributed by atoms with Gasteiger partial charge < -0.3 is 14.7 Å². The molecule has 0 spiro atoms. The largest absolute Gasteiger partial charge is 0.504 e. The number of carbonyl (C=O) groups excluding carboxylic acids is 1. The van der Waals surface area contributed by atoms with E-state index in [2.05, 4.69) is 10.1 Å². The van der Waals surface area contributed by atoms with Gasteiger partial charge in [-0.15, -0.1) is 0 Å². The van der Waals surface area contributed by atoms with Crippen LogP contribution in [0.2, 0.25) is 0 Å². The van der Waals surface area contributed by atoms with Gasteiger partial charge in [-0.05, 0) is 47.5 Å². The first-order valence-corrected chi connectivity index (χ1v) is 10.3. The van der Waals surface area contributed by atoms with Gasteiger partial charge in [0, 0.05) is 25.3 Å². The van der Waals surface area contributed by atoms with E-state index in [1.165, 1.54) is 24.4 Å². The maximum absolute atomic E-state index is 13.2. The minimum atomic E-state index is -0.326. The molecule has 0 aliphatic carbocycles. The zero-order chi connectivity index (χ0) is 23.4. The SMILES string of the molecule is COc1cc(C=NN2C(=O)C(=Cc3ccc(N(C)C)cc3)N=C2c2ccccc2)ccc1O. The Kier molecular flexibility index (Phi) is 6.22. The number of carbonyl (C=O) groups is 1. The van der Waals surface area contributed by atoms with E-state index in [-0.39, 0.29) is 11.7 Å². The summed E-state index contributed by atoms with van der Waals surface area (Å²) in [6.07, 6.45) is 3.29. The van der Waals surface area contributed by atoms with Crippen LogP contribution in [0.25, 0.3) is 6.08 Å². The van der Waals surface area contributed by atoms with Crippen LogP contribution in [0.4, 0.5) is 5.69 Å². The van der Waals surface area contributed by atoms with E-state index in [0.717, 1.165) is 16.8 Å². The lowest BCUT2D eigenvalue weighted by atomic mass is 10.1. The Hall–Kier alpha value is -4.39. The molecule has 7 nitrogen and oxygen atoms in total. The van der Waals surface area contributed by atoms with E-state index >= 15 is 0 Å². The normalized spacial score (nSPS) is 14.8. The van der Waals surface area contributed by atoms with Gasteiger partial charge in [-0.2, -0.15) is 10.1 Å². The second-order valence-corrected chi connectivity index (χ2v) is 7.61. The summed E-state index contributed by atoms with van der Waals surface area (Å²) >= 11 is 0. The molecule has 1 aliphatic heterocycles. The van der Waals surface area contributed by atoms with Crippen LogP contribution in [0.15, 0.2) is 88.6 Å². The minimum absolute atomic E-state index is 0.0314. The lowest BCUT2D eigenvalue weighted by molar-refractivity contribution is -0.122. The summed E-state index contributed by atoms with van der Waals surface area (Å²) in [4.78, 5) is 19.8.